The van der Waals surface area contributed by atoms with Crippen molar-refractivity contribution in [2.45, 2.75) is 89.4 Å². The molecule has 160 valence electrons. The first-order valence-electron chi connectivity index (χ1n) is 9.85. The van der Waals surface area contributed by atoms with Gasteiger partial charge in [-0.15, -0.1) is 0 Å². The molecule has 0 aromatic rings. The molecule has 0 amide bonds. The molecule has 1 heterocycles. The van der Waals surface area contributed by atoms with E-state index < -0.39 is 30.7 Å². The third-order valence-corrected chi connectivity index (χ3v) is 6.26. The third kappa shape index (κ3) is 5.61. The van der Waals surface area contributed by atoms with Crippen LogP contribution in [0.3, 0.4) is 0 Å². The normalized spacial score (nSPS) is 43.4. The fraction of sp³-hybridized carbons (Fsp3) is 1.00. The van der Waals surface area contributed by atoms with Crippen molar-refractivity contribution in [3.05, 3.63) is 0 Å². The summed E-state index contributed by atoms with van der Waals surface area (Å²) < 4.78 is 10.8. The third-order valence-electron chi connectivity index (χ3n) is 6.26. The van der Waals surface area contributed by atoms with Crippen LogP contribution in [0.25, 0.3) is 0 Å². The molecule has 8 heteroatoms. The van der Waals surface area contributed by atoms with E-state index in [2.05, 4.69) is 13.8 Å². The molecule has 2 rings (SSSR count). The van der Waals surface area contributed by atoms with Crippen LogP contribution in [0.2, 0.25) is 0 Å². The number of aliphatic hydroxyl groups excluding tert-OH is 6. The minimum absolute atomic E-state index is 0.0145. The predicted molar refractivity (Wildman–Crippen MR) is 96.6 cm³/mol. The van der Waals surface area contributed by atoms with Gasteiger partial charge in [0, 0.05) is 6.61 Å². The Morgan fingerprint density at radius 2 is 1.74 bits per heavy atom. The lowest BCUT2D eigenvalue weighted by Gasteiger charge is -2.46. The van der Waals surface area contributed by atoms with Gasteiger partial charge >= 0.3 is 0 Å². The molecule has 0 aromatic carbocycles. The number of aliphatic hydroxyl groups is 6. The van der Waals surface area contributed by atoms with Crippen molar-refractivity contribution in [2.24, 2.45) is 17.3 Å². The van der Waals surface area contributed by atoms with Crippen LogP contribution in [-0.2, 0) is 9.47 Å². The van der Waals surface area contributed by atoms with E-state index in [0.29, 0.717) is 12.8 Å². The molecular formula is C19H36O8. The van der Waals surface area contributed by atoms with Crippen LogP contribution in [-0.4, -0.2) is 86.8 Å². The van der Waals surface area contributed by atoms with Gasteiger partial charge in [0.15, 0.2) is 6.29 Å². The van der Waals surface area contributed by atoms with Gasteiger partial charge in [-0.2, -0.15) is 0 Å². The zero-order valence-electron chi connectivity index (χ0n) is 16.4. The van der Waals surface area contributed by atoms with E-state index in [-0.39, 0.29) is 42.7 Å². The summed E-state index contributed by atoms with van der Waals surface area (Å²) in [6.07, 6.45) is -4.49. The maximum absolute atomic E-state index is 10.0. The fourth-order valence-electron chi connectivity index (χ4n) is 4.65. The van der Waals surface area contributed by atoms with Crippen LogP contribution < -0.4 is 0 Å². The lowest BCUT2D eigenvalue weighted by molar-refractivity contribution is -0.290. The second-order valence-electron chi connectivity index (χ2n) is 8.89. The summed E-state index contributed by atoms with van der Waals surface area (Å²) in [7, 11) is 0. The van der Waals surface area contributed by atoms with Gasteiger partial charge in [0.05, 0.1) is 18.8 Å². The smallest absolute Gasteiger partial charge is 0.184 e. The molecule has 8 nitrogen and oxygen atoms in total. The van der Waals surface area contributed by atoms with E-state index in [4.69, 9.17) is 9.47 Å². The standard InChI is InChI=1S/C19H36O8/c1-10(26-9-14-15(22)16(23)17(24)18(25)27-14)4-5-13-11(8-20)6-12(21)7-19(13,2)3/h10-18,20-25H,4-9H2,1-3H3. The molecule has 9 atom stereocenters. The van der Waals surface area contributed by atoms with E-state index in [1.54, 1.807) is 0 Å². The molecule has 1 saturated carbocycles. The summed E-state index contributed by atoms with van der Waals surface area (Å²) >= 11 is 0. The molecule has 1 aliphatic carbocycles. The second-order valence-corrected chi connectivity index (χ2v) is 8.89. The first-order chi connectivity index (χ1) is 12.6. The van der Waals surface area contributed by atoms with Gasteiger partial charge in [0.1, 0.15) is 24.4 Å². The fourth-order valence-corrected chi connectivity index (χ4v) is 4.65. The average Bonchev–Trinajstić information content (AvgIpc) is 2.59. The van der Waals surface area contributed by atoms with Gasteiger partial charge in [-0.1, -0.05) is 13.8 Å². The highest BCUT2D eigenvalue weighted by atomic mass is 16.6. The largest absolute Gasteiger partial charge is 0.396 e. The van der Waals surface area contributed by atoms with Crippen LogP contribution in [0.5, 0.6) is 0 Å². The summed E-state index contributed by atoms with van der Waals surface area (Å²) in [4.78, 5) is 0. The molecule has 1 saturated heterocycles. The number of hydrogen-bond acceptors (Lipinski definition) is 8. The molecule has 2 fully saturated rings. The highest BCUT2D eigenvalue weighted by Crippen LogP contribution is 2.46. The average molecular weight is 392 g/mol. The lowest BCUT2D eigenvalue weighted by atomic mass is 9.61. The molecule has 0 spiro atoms. The van der Waals surface area contributed by atoms with Crippen molar-refractivity contribution in [3.8, 4) is 0 Å². The summed E-state index contributed by atoms with van der Waals surface area (Å²) in [5.41, 5.74) is -0.0716. The quantitative estimate of drug-likeness (QED) is 0.337. The van der Waals surface area contributed by atoms with Crippen molar-refractivity contribution in [1.82, 2.24) is 0 Å². The predicted octanol–water partition coefficient (Wildman–Crippen LogP) is -0.623. The highest BCUT2D eigenvalue weighted by molar-refractivity contribution is 4.92. The minimum Gasteiger partial charge on any atom is -0.396 e. The molecule has 0 radical (unpaired) electrons. The molecule has 0 aromatic heterocycles. The number of rotatable bonds is 7. The molecule has 0 bridgehead atoms. The maximum Gasteiger partial charge on any atom is 0.184 e. The van der Waals surface area contributed by atoms with Gasteiger partial charge < -0.3 is 40.1 Å². The Balaban J connectivity index is 1.82. The summed E-state index contributed by atoms with van der Waals surface area (Å²) in [5, 5.41) is 58.5. The van der Waals surface area contributed by atoms with Gasteiger partial charge in [0.25, 0.3) is 0 Å². The molecule has 2 aliphatic rings. The SMILES string of the molecule is CC(CCC1C(CO)CC(O)CC1(C)C)OCC1OC(O)C(O)C(O)C1O. The zero-order valence-corrected chi connectivity index (χ0v) is 16.4. The Morgan fingerprint density at radius 1 is 1.07 bits per heavy atom. The maximum atomic E-state index is 10.0. The first kappa shape index (κ1) is 23.0. The first-order valence-corrected chi connectivity index (χ1v) is 9.85. The molecule has 9 unspecified atom stereocenters. The van der Waals surface area contributed by atoms with Crippen LogP contribution in [0.1, 0.15) is 46.5 Å². The molecule has 6 N–H and O–H groups in total. The van der Waals surface area contributed by atoms with Crippen molar-refractivity contribution in [2.75, 3.05) is 13.2 Å². The van der Waals surface area contributed by atoms with Crippen LogP contribution in [0.15, 0.2) is 0 Å². The van der Waals surface area contributed by atoms with Crippen molar-refractivity contribution in [1.29, 1.82) is 0 Å². The topological polar surface area (TPSA) is 140 Å². The van der Waals surface area contributed by atoms with Gasteiger partial charge in [0.2, 0.25) is 0 Å². The Morgan fingerprint density at radius 3 is 2.37 bits per heavy atom. The number of hydrogen-bond donors (Lipinski definition) is 6. The van der Waals surface area contributed by atoms with Gasteiger partial charge in [-0.3, -0.25) is 0 Å². The van der Waals surface area contributed by atoms with Crippen molar-refractivity contribution in [3.63, 3.8) is 0 Å². The van der Waals surface area contributed by atoms with E-state index in [0.717, 1.165) is 12.8 Å². The van der Waals surface area contributed by atoms with Crippen molar-refractivity contribution < 1.29 is 40.1 Å². The lowest BCUT2D eigenvalue weighted by Crippen LogP contribution is -2.58. The highest BCUT2D eigenvalue weighted by Gasteiger charge is 2.44. The Labute approximate surface area is 160 Å². The van der Waals surface area contributed by atoms with Crippen LogP contribution >= 0.6 is 0 Å². The number of ether oxygens (including phenoxy) is 2. The van der Waals surface area contributed by atoms with E-state index in [9.17, 15) is 30.6 Å². The monoisotopic (exact) mass is 392 g/mol. The Kier molecular flexibility index (Phi) is 8.04. The zero-order chi connectivity index (χ0) is 20.4. The second kappa shape index (κ2) is 9.45. The molecule has 1 aliphatic heterocycles. The Hall–Kier alpha value is -0.320. The molecular weight excluding hydrogens is 356 g/mol. The summed E-state index contributed by atoms with van der Waals surface area (Å²) in [5.74, 6) is 0.332. The van der Waals surface area contributed by atoms with Crippen LogP contribution in [0.4, 0.5) is 0 Å². The molecule has 27 heavy (non-hydrogen) atoms. The summed E-state index contributed by atoms with van der Waals surface area (Å²) in [6, 6.07) is 0. The summed E-state index contributed by atoms with van der Waals surface area (Å²) in [6.45, 7) is 6.18. The van der Waals surface area contributed by atoms with E-state index >= 15 is 0 Å². The van der Waals surface area contributed by atoms with Gasteiger partial charge in [-0.25, -0.2) is 0 Å². The minimum atomic E-state index is -1.56. The van der Waals surface area contributed by atoms with Crippen LogP contribution in [0, 0.1) is 17.3 Å². The van der Waals surface area contributed by atoms with Gasteiger partial charge in [-0.05, 0) is 49.9 Å². The van der Waals surface area contributed by atoms with E-state index in [1.807, 2.05) is 6.92 Å². The van der Waals surface area contributed by atoms with E-state index in [1.165, 1.54) is 0 Å². The Bertz CT molecular complexity index is 459. The van der Waals surface area contributed by atoms with Crippen molar-refractivity contribution >= 4 is 0 Å².